The van der Waals surface area contributed by atoms with Crippen molar-refractivity contribution in [2.75, 3.05) is 5.32 Å². The van der Waals surface area contributed by atoms with Crippen LogP contribution in [0.25, 0.3) is 0 Å². The van der Waals surface area contributed by atoms with Crippen LogP contribution < -0.4 is 5.32 Å². The highest BCUT2D eigenvalue weighted by molar-refractivity contribution is 9.10. The first kappa shape index (κ1) is 14.4. The summed E-state index contributed by atoms with van der Waals surface area (Å²) in [6.07, 6.45) is 2.92. The Morgan fingerprint density at radius 1 is 1.42 bits per heavy atom. The molecule has 1 heterocycles. The molecule has 2 rings (SSSR count). The number of benzene rings is 1. The van der Waals surface area contributed by atoms with Crippen LogP contribution in [0.2, 0.25) is 5.02 Å². The van der Waals surface area contributed by atoms with Gasteiger partial charge in [-0.05, 0) is 53.0 Å². The van der Waals surface area contributed by atoms with E-state index in [9.17, 15) is 0 Å². The second-order valence-corrected chi connectivity index (χ2v) is 5.74. The maximum atomic E-state index is 6.15. The highest BCUT2D eigenvalue weighted by Gasteiger charge is 2.06. The summed E-state index contributed by atoms with van der Waals surface area (Å²) in [5, 5.41) is 8.47. The SMILES string of the molecule is CCCn1nccc1CNc1cc(Cl)c(C)cc1Br. The summed E-state index contributed by atoms with van der Waals surface area (Å²) < 4.78 is 3.05. The molecule has 0 saturated carbocycles. The normalized spacial score (nSPS) is 10.7. The molecule has 0 aliphatic carbocycles. The first-order valence-electron chi connectivity index (χ1n) is 6.32. The van der Waals surface area contributed by atoms with Crippen LogP contribution in [0.5, 0.6) is 0 Å². The highest BCUT2D eigenvalue weighted by Crippen LogP contribution is 2.29. The van der Waals surface area contributed by atoms with Gasteiger partial charge in [0.05, 0.1) is 17.9 Å². The van der Waals surface area contributed by atoms with Gasteiger partial charge in [0.1, 0.15) is 0 Å². The molecule has 0 saturated heterocycles. The fourth-order valence-electron chi connectivity index (χ4n) is 1.89. The van der Waals surface area contributed by atoms with Crippen molar-refractivity contribution in [3.8, 4) is 0 Å². The van der Waals surface area contributed by atoms with Gasteiger partial charge in [0, 0.05) is 22.2 Å². The zero-order chi connectivity index (χ0) is 13.8. The average molecular weight is 343 g/mol. The Hall–Kier alpha value is -1.000. The molecule has 3 nitrogen and oxygen atoms in total. The van der Waals surface area contributed by atoms with Crippen LogP contribution in [0.15, 0.2) is 28.9 Å². The van der Waals surface area contributed by atoms with E-state index in [1.54, 1.807) is 0 Å². The van der Waals surface area contributed by atoms with E-state index in [4.69, 9.17) is 11.6 Å². The van der Waals surface area contributed by atoms with Crippen molar-refractivity contribution in [2.45, 2.75) is 33.4 Å². The van der Waals surface area contributed by atoms with Crippen LogP contribution in [-0.4, -0.2) is 9.78 Å². The maximum absolute atomic E-state index is 6.15. The quantitative estimate of drug-likeness (QED) is 0.858. The maximum Gasteiger partial charge on any atom is 0.0575 e. The van der Waals surface area contributed by atoms with E-state index in [1.807, 2.05) is 36.0 Å². The van der Waals surface area contributed by atoms with Crippen LogP contribution in [0, 0.1) is 6.92 Å². The van der Waals surface area contributed by atoms with Gasteiger partial charge >= 0.3 is 0 Å². The molecule has 5 heteroatoms. The summed E-state index contributed by atoms with van der Waals surface area (Å²) >= 11 is 9.70. The minimum absolute atomic E-state index is 0.734. The third-order valence-corrected chi connectivity index (χ3v) is 4.01. The molecule has 0 radical (unpaired) electrons. The number of nitrogens with zero attached hydrogens (tertiary/aromatic N) is 2. The number of hydrogen-bond donors (Lipinski definition) is 1. The number of rotatable bonds is 5. The molecule has 0 atom stereocenters. The number of aryl methyl sites for hydroxylation is 2. The zero-order valence-electron chi connectivity index (χ0n) is 11.1. The fraction of sp³-hybridized carbons (Fsp3) is 0.357. The van der Waals surface area contributed by atoms with E-state index in [-0.39, 0.29) is 0 Å². The minimum Gasteiger partial charge on any atom is -0.378 e. The molecule has 1 N–H and O–H groups in total. The Morgan fingerprint density at radius 3 is 2.95 bits per heavy atom. The van der Waals surface area contributed by atoms with Crippen molar-refractivity contribution in [3.63, 3.8) is 0 Å². The number of halogens is 2. The first-order chi connectivity index (χ1) is 9.11. The Labute approximate surface area is 127 Å². The van der Waals surface area contributed by atoms with Crippen molar-refractivity contribution in [1.82, 2.24) is 9.78 Å². The van der Waals surface area contributed by atoms with E-state index in [1.165, 1.54) is 5.69 Å². The van der Waals surface area contributed by atoms with Crippen LogP contribution in [0.3, 0.4) is 0 Å². The summed E-state index contributed by atoms with van der Waals surface area (Å²) in [6, 6.07) is 6.00. The Bertz CT molecular complexity index is 566. The van der Waals surface area contributed by atoms with Gasteiger partial charge in [0.15, 0.2) is 0 Å². The molecule has 0 aliphatic heterocycles. The molecular formula is C14H17BrClN3. The van der Waals surface area contributed by atoms with Gasteiger partial charge < -0.3 is 5.32 Å². The summed E-state index contributed by atoms with van der Waals surface area (Å²) in [4.78, 5) is 0. The van der Waals surface area contributed by atoms with Crippen LogP contribution in [-0.2, 0) is 13.1 Å². The standard InChI is InChI=1S/C14H17BrClN3/c1-3-6-19-11(4-5-18-19)9-17-14-8-13(16)10(2)7-12(14)15/h4-5,7-8,17H,3,6,9H2,1-2H3. The fourth-order valence-corrected chi connectivity index (χ4v) is 2.65. The van der Waals surface area contributed by atoms with Crippen LogP contribution in [0.4, 0.5) is 5.69 Å². The Morgan fingerprint density at radius 2 is 2.21 bits per heavy atom. The molecule has 0 aliphatic rings. The molecule has 0 amide bonds. The third kappa shape index (κ3) is 3.51. The molecule has 0 unspecified atom stereocenters. The Kier molecular flexibility index (Phi) is 4.88. The summed E-state index contributed by atoms with van der Waals surface area (Å²) in [6.45, 7) is 5.82. The summed E-state index contributed by atoms with van der Waals surface area (Å²) in [7, 11) is 0. The van der Waals surface area contributed by atoms with Gasteiger partial charge in [-0.3, -0.25) is 4.68 Å². The van der Waals surface area contributed by atoms with Crippen molar-refractivity contribution in [1.29, 1.82) is 0 Å². The predicted molar refractivity (Wildman–Crippen MR) is 83.7 cm³/mol. The molecule has 102 valence electrons. The smallest absolute Gasteiger partial charge is 0.0575 e. The minimum atomic E-state index is 0.734. The number of nitrogens with one attached hydrogen (secondary N) is 1. The first-order valence-corrected chi connectivity index (χ1v) is 7.49. The lowest BCUT2D eigenvalue weighted by Crippen LogP contribution is -2.09. The van der Waals surface area contributed by atoms with Crippen molar-refractivity contribution in [2.24, 2.45) is 0 Å². The van der Waals surface area contributed by atoms with Crippen molar-refractivity contribution < 1.29 is 0 Å². The van der Waals surface area contributed by atoms with E-state index < -0.39 is 0 Å². The van der Waals surface area contributed by atoms with Crippen molar-refractivity contribution in [3.05, 3.63) is 45.1 Å². The third-order valence-electron chi connectivity index (χ3n) is 2.95. The predicted octanol–water partition coefficient (Wildman–Crippen LogP) is 4.63. The van der Waals surface area contributed by atoms with Gasteiger partial charge in [0.2, 0.25) is 0 Å². The van der Waals surface area contributed by atoms with E-state index >= 15 is 0 Å². The topological polar surface area (TPSA) is 29.9 Å². The van der Waals surface area contributed by atoms with Gasteiger partial charge in [-0.1, -0.05) is 18.5 Å². The largest absolute Gasteiger partial charge is 0.378 e. The molecule has 0 spiro atoms. The molecule has 2 aromatic rings. The monoisotopic (exact) mass is 341 g/mol. The van der Waals surface area contributed by atoms with Gasteiger partial charge in [-0.15, -0.1) is 0 Å². The van der Waals surface area contributed by atoms with Gasteiger partial charge in [0.25, 0.3) is 0 Å². The Balaban J connectivity index is 2.10. The summed E-state index contributed by atoms with van der Waals surface area (Å²) in [5.74, 6) is 0. The lowest BCUT2D eigenvalue weighted by atomic mass is 10.2. The number of aromatic nitrogens is 2. The molecule has 0 fully saturated rings. The molecular weight excluding hydrogens is 326 g/mol. The molecule has 1 aromatic carbocycles. The zero-order valence-corrected chi connectivity index (χ0v) is 13.4. The van der Waals surface area contributed by atoms with E-state index in [0.717, 1.165) is 40.3 Å². The van der Waals surface area contributed by atoms with Crippen LogP contribution in [0.1, 0.15) is 24.6 Å². The molecule has 0 bridgehead atoms. The highest BCUT2D eigenvalue weighted by atomic mass is 79.9. The van der Waals surface area contributed by atoms with E-state index in [0.29, 0.717) is 0 Å². The number of hydrogen-bond acceptors (Lipinski definition) is 2. The molecule has 19 heavy (non-hydrogen) atoms. The van der Waals surface area contributed by atoms with Gasteiger partial charge in [-0.25, -0.2) is 0 Å². The second-order valence-electron chi connectivity index (χ2n) is 4.48. The average Bonchev–Trinajstić information content (AvgIpc) is 2.80. The lowest BCUT2D eigenvalue weighted by Gasteiger charge is -2.12. The van der Waals surface area contributed by atoms with Crippen molar-refractivity contribution >= 4 is 33.2 Å². The van der Waals surface area contributed by atoms with Gasteiger partial charge in [-0.2, -0.15) is 5.10 Å². The number of anilines is 1. The summed E-state index contributed by atoms with van der Waals surface area (Å²) in [5.41, 5.74) is 3.24. The lowest BCUT2D eigenvalue weighted by molar-refractivity contribution is 0.578. The van der Waals surface area contributed by atoms with E-state index in [2.05, 4.69) is 33.3 Å². The van der Waals surface area contributed by atoms with Crippen LogP contribution >= 0.6 is 27.5 Å². The second kappa shape index (κ2) is 6.44. The molecule has 1 aromatic heterocycles.